The largest absolute Gasteiger partial charge is 0.379 e. The van der Waals surface area contributed by atoms with Gasteiger partial charge in [0.2, 0.25) is 0 Å². The zero-order valence-corrected chi connectivity index (χ0v) is 12.0. The number of rotatable bonds is 6. The van der Waals surface area contributed by atoms with Crippen LogP contribution in [-0.2, 0) is 16.0 Å². The number of aliphatic imine (C=N–C) groups is 1. The highest BCUT2D eigenvalue weighted by Gasteiger charge is 2.17. The molecule has 2 rings (SSSR count). The van der Waals surface area contributed by atoms with Crippen LogP contribution in [0.2, 0.25) is 0 Å². The normalized spacial score (nSPS) is 20.9. The van der Waals surface area contributed by atoms with Crippen LogP contribution in [0, 0.1) is 0 Å². The summed E-state index contributed by atoms with van der Waals surface area (Å²) in [5.74, 6) is 0.715. The summed E-state index contributed by atoms with van der Waals surface area (Å²) >= 11 is 0. The Balaban J connectivity index is 1.66. The van der Waals surface area contributed by atoms with E-state index >= 15 is 0 Å². The number of hydrogen-bond acceptors (Lipinski definition) is 5. The second-order valence-electron chi connectivity index (χ2n) is 4.78. The van der Waals surface area contributed by atoms with Crippen LogP contribution in [0.25, 0.3) is 0 Å². The molecule has 0 amide bonds. The Kier molecular flexibility index (Phi) is 5.82. The van der Waals surface area contributed by atoms with Crippen LogP contribution in [-0.4, -0.2) is 50.1 Å². The lowest BCUT2D eigenvalue weighted by molar-refractivity contribution is 0.0347. The number of nitrogens with zero attached hydrogens (tertiary/aromatic N) is 2. The van der Waals surface area contributed by atoms with Gasteiger partial charge in [-0.1, -0.05) is 5.16 Å². The summed E-state index contributed by atoms with van der Waals surface area (Å²) in [6, 6.07) is 1.98. The van der Waals surface area contributed by atoms with E-state index in [0.29, 0.717) is 25.7 Å². The van der Waals surface area contributed by atoms with E-state index in [2.05, 4.69) is 27.7 Å². The van der Waals surface area contributed by atoms with Gasteiger partial charge < -0.3 is 24.6 Å². The molecule has 2 atom stereocenters. The Morgan fingerprint density at radius 2 is 2.55 bits per heavy atom. The SMILES string of the molecule is CN=C(NCc1ccon1)NC(C)COC1CCOC1. The van der Waals surface area contributed by atoms with Crippen molar-refractivity contribution in [1.82, 2.24) is 15.8 Å². The summed E-state index contributed by atoms with van der Waals surface area (Å²) in [5, 5.41) is 10.3. The molecule has 1 saturated heterocycles. The molecule has 20 heavy (non-hydrogen) atoms. The molecule has 0 bridgehead atoms. The zero-order chi connectivity index (χ0) is 14.2. The van der Waals surface area contributed by atoms with Gasteiger partial charge in [-0.25, -0.2) is 0 Å². The van der Waals surface area contributed by atoms with E-state index in [-0.39, 0.29) is 12.1 Å². The molecule has 2 N–H and O–H groups in total. The summed E-state index contributed by atoms with van der Waals surface area (Å²) in [4.78, 5) is 4.16. The molecule has 0 aromatic carbocycles. The molecule has 7 heteroatoms. The molecule has 2 unspecified atom stereocenters. The maximum absolute atomic E-state index is 5.76. The molecule has 7 nitrogen and oxygen atoms in total. The Labute approximate surface area is 118 Å². The maximum atomic E-state index is 5.76. The van der Waals surface area contributed by atoms with Crippen molar-refractivity contribution in [3.05, 3.63) is 18.0 Å². The third kappa shape index (κ3) is 4.82. The fourth-order valence-corrected chi connectivity index (χ4v) is 1.90. The molecule has 112 valence electrons. The van der Waals surface area contributed by atoms with Crippen LogP contribution in [0.15, 0.2) is 21.8 Å². The molecule has 0 radical (unpaired) electrons. The maximum Gasteiger partial charge on any atom is 0.191 e. The van der Waals surface area contributed by atoms with Gasteiger partial charge in [0.1, 0.15) is 12.0 Å². The Morgan fingerprint density at radius 3 is 3.20 bits per heavy atom. The fourth-order valence-electron chi connectivity index (χ4n) is 1.90. The molecule has 0 aliphatic carbocycles. The van der Waals surface area contributed by atoms with Crippen molar-refractivity contribution in [3.63, 3.8) is 0 Å². The number of hydrogen-bond donors (Lipinski definition) is 2. The van der Waals surface area contributed by atoms with E-state index in [9.17, 15) is 0 Å². The average Bonchev–Trinajstić information content (AvgIpc) is 3.13. The molecule has 0 spiro atoms. The minimum atomic E-state index is 0.166. The van der Waals surface area contributed by atoms with Gasteiger partial charge >= 0.3 is 0 Å². The van der Waals surface area contributed by atoms with Crippen LogP contribution in [0.4, 0.5) is 0 Å². The summed E-state index contributed by atoms with van der Waals surface area (Å²) in [6.45, 7) is 4.75. The lowest BCUT2D eigenvalue weighted by atomic mass is 10.3. The van der Waals surface area contributed by atoms with Gasteiger partial charge in [-0.05, 0) is 13.3 Å². The molecule has 1 aromatic rings. The molecular weight excluding hydrogens is 260 g/mol. The monoisotopic (exact) mass is 282 g/mol. The minimum absolute atomic E-state index is 0.166. The van der Waals surface area contributed by atoms with Crippen molar-refractivity contribution in [1.29, 1.82) is 0 Å². The van der Waals surface area contributed by atoms with E-state index < -0.39 is 0 Å². The van der Waals surface area contributed by atoms with E-state index in [1.54, 1.807) is 13.3 Å². The van der Waals surface area contributed by atoms with Gasteiger partial charge in [0.05, 0.1) is 25.9 Å². The first-order valence-corrected chi connectivity index (χ1v) is 6.83. The molecular formula is C13H22N4O3. The van der Waals surface area contributed by atoms with Gasteiger partial charge in [0, 0.05) is 25.8 Å². The Hall–Kier alpha value is -1.60. The summed E-state index contributed by atoms with van der Waals surface area (Å²) in [7, 11) is 1.73. The topological polar surface area (TPSA) is 80.9 Å². The second-order valence-corrected chi connectivity index (χ2v) is 4.78. The predicted molar refractivity (Wildman–Crippen MR) is 74.5 cm³/mol. The highest BCUT2D eigenvalue weighted by atomic mass is 16.5. The summed E-state index contributed by atoms with van der Waals surface area (Å²) < 4.78 is 15.8. The van der Waals surface area contributed by atoms with Gasteiger partial charge in [0.25, 0.3) is 0 Å². The average molecular weight is 282 g/mol. The van der Waals surface area contributed by atoms with E-state index in [0.717, 1.165) is 18.7 Å². The molecule has 1 aromatic heterocycles. The second kappa shape index (κ2) is 7.86. The third-order valence-corrected chi connectivity index (χ3v) is 3.00. The number of guanidine groups is 1. The van der Waals surface area contributed by atoms with Crippen LogP contribution < -0.4 is 10.6 Å². The lowest BCUT2D eigenvalue weighted by Gasteiger charge is -2.19. The first kappa shape index (κ1) is 14.8. The van der Waals surface area contributed by atoms with Gasteiger partial charge in [-0.2, -0.15) is 0 Å². The van der Waals surface area contributed by atoms with E-state index in [1.165, 1.54) is 0 Å². The van der Waals surface area contributed by atoms with E-state index in [4.69, 9.17) is 14.0 Å². The van der Waals surface area contributed by atoms with Crippen LogP contribution >= 0.6 is 0 Å². The van der Waals surface area contributed by atoms with Crippen molar-refractivity contribution in [2.75, 3.05) is 26.9 Å². The van der Waals surface area contributed by atoms with Gasteiger partial charge in [-0.15, -0.1) is 0 Å². The quantitative estimate of drug-likeness (QED) is 0.585. The Morgan fingerprint density at radius 1 is 1.65 bits per heavy atom. The smallest absolute Gasteiger partial charge is 0.191 e. The van der Waals surface area contributed by atoms with Crippen molar-refractivity contribution in [2.45, 2.75) is 32.0 Å². The number of aromatic nitrogens is 1. The summed E-state index contributed by atoms with van der Waals surface area (Å²) in [6.07, 6.45) is 2.75. The highest BCUT2D eigenvalue weighted by molar-refractivity contribution is 5.79. The molecule has 1 aliphatic heterocycles. The molecule has 1 fully saturated rings. The standard InChI is InChI=1S/C13H22N4O3/c1-10(8-19-12-4-5-18-9-12)16-13(14-2)15-7-11-3-6-20-17-11/h3,6,10,12H,4-5,7-9H2,1-2H3,(H2,14,15,16). The van der Waals surface area contributed by atoms with Gasteiger partial charge in [-0.3, -0.25) is 4.99 Å². The highest BCUT2D eigenvalue weighted by Crippen LogP contribution is 2.08. The van der Waals surface area contributed by atoms with Gasteiger partial charge in [0.15, 0.2) is 5.96 Å². The lowest BCUT2D eigenvalue weighted by Crippen LogP contribution is -2.44. The van der Waals surface area contributed by atoms with Crippen molar-refractivity contribution < 1.29 is 14.0 Å². The Bertz CT molecular complexity index is 402. The first-order valence-electron chi connectivity index (χ1n) is 6.83. The van der Waals surface area contributed by atoms with E-state index in [1.807, 2.05) is 6.07 Å². The van der Waals surface area contributed by atoms with Crippen LogP contribution in [0.5, 0.6) is 0 Å². The van der Waals surface area contributed by atoms with Crippen molar-refractivity contribution in [2.24, 2.45) is 4.99 Å². The summed E-state index contributed by atoms with van der Waals surface area (Å²) in [5.41, 5.74) is 0.833. The predicted octanol–water partition coefficient (Wildman–Crippen LogP) is 0.534. The minimum Gasteiger partial charge on any atom is -0.379 e. The van der Waals surface area contributed by atoms with Crippen LogP contribution in [0.1, 0.15) is 19.0 Å². The molecule has 2 heterocycles. The van der Waals surface area contributed by atoms with Crippen molar-refractivity contribution >= 4 is 5.96 Å². The number of nitrogens with one attached hydrogen (secondary N) is 2. The third-order valence-electron chi connectivity index (χ3n) is 3.00. The molecule has 0 saturated carbocycles. The molecule has 1 aliphatic rings. The zero-order valence-electron chi connectivity index (χ0n) is 12.0. The number of ether oxygens (including phenoxy) is 2. The fraction of sp³-hybridized carbons (Fsp3) is 0.692. The first-order chi connectivity index (χ1) is 9.78. The van der Waals surface area contributed by atoms with Crippen molar-refractivity contribution in [3.8, 4) is 0 Å². The van der Waals surface area contributed by atoms with Crippen LogP contribution in [0.3, 0.4) is 0 Å².